The molecule has 22 heavy (non-hydrogen) atoms. The van der Waals surface area contributed by atoms with Crippen LogP contribution in [0.25, 0.3) is 0 Å². The van der Waals surface area contributed by atoms with Crippen LogP contribution >= 0.6 is 0 Å². The molecule has 0 saturated heterocycles. The number of aliphatic carboxylic acids is 1. The van der Waals surface area contributed by atoms with Crippen LogP contribution in [0, 0.1) is 0 Å². The van der Waals surface area contributed by atoms with Crippen LogP contribution in [0.4, 0.5) is 4.79 Å². The van der Waals surface area contributed by atoms with Crippen LogP contribution in [0.15, 0.2) is 30.3 Å². The monoisotopic (exact) mass is 329 g/mol. The fraction of sp³-hybridized carbons (Fsp3) is 0.429. The molecule has 122 valence electrons. The van der Waals surface area contributed by atoms with Gasteiger partial charge in [0.1, 0.15) is 22.5 Å². The molecule has 0 aliphatic carbocycles. The Morgan fingerprint density at radius 1 is 1.27 bits per heavy atom. The number of carbonyl (C=O) groups is 2. The summed E-state index contributed by atoms with van der Waals surface area (Å²) in [5, 5.41) is 9.02. The molecule has 1 aromatic carbocycles. The lowest BCUT2D eigenvalue weighted by atomic mass is 10.2. The van der Waals surface area contributed by atoms with E-state index in [2.05, 4.69) is 0 Å². The van der Waals surface area contributed by atoms with Crippen LogP contribution in [-0.4, -0.2) is 55.1 Å². The number of ether oxygens (including phenoxy) is 1. The number of hydrogen-bond acceptors (Lipinski definition) is 5. The highest BCUT2D eigenvalue weighted by Crippen LogP contribution is 2.07. The summed E-state index contributed by atoms with van der Waals surface area (Å²) in [6, 6.07) is 7.72. The second-order valence-electron chi connectivity index (χ2n) is 4.88. The Morgan fingerprint density at radius 2 is 1.86 bits per heavy atom. The van der Waals surface area contributed by atoms with E-state index in [-0.39, 0.29) is 18.9 Å². The van der Waals surface area contributed by atoms with Gasteiger partial charge in [0.05, 0.1) is 5.75 Å². The number of hydrogen-bond donors (Lipinski definition) is 1. The number of benzene rings is 1. The van der Waals surface area contributed by atoms with Gasteiger partial charge in [-0.1, -0.05) is 30.3 Å². The molecule has 1 amide bonds. The fourth-order valence-corrected chi connectivity index (χ4v) is 2.17. The zero-order chi connectivity index (χ0) is 16.8. The van der Waals surface area contributed by atoms with Crippen molar-refractivity contribution >= 4 is 21.9 Å². The number of amides is 1. The first-order valence-electron chi connectivity index (χ1n) is 6.58. The van der Waals surface area contributed by atoms with Gasteiger partial charge in [0.25, 0.3) is 0 Å². The van der Waals surface area contributed by atoms with Crippen LogP contribution in [0.5, 0.6) is 0 Å². The first-order valence-corrected chi connectivity index (χ1v) is 8.64. The van der Waals surface area contributed by atoms with Crippen LogP contribution in [0.2, 0.25) is 0 Å². The minimum absolute atomic E-state index is 0.0125. The van der Waals surface area contributed by atoms with E-state index in [9.17, 15) is 18.0 Å². The molecular weight excluding hydrogens is 310 g/mol. The molecule has 7 nitrogen and oxygen atoms in total. The summed E-state index contributed by atoms with van der Waals surface area (Å²) in [6.07, 6.45) is 0.161. The highest BCUT2D eigenvalue weighted by Gasteiger charge is 2.27. The highest BCUT2D eigenvalue weighted by atomic mass is 32.2. The van der Waals surface area contributed by atoms with Crippen molar-refractivity contribution in [2.75, 3.05) is 18.6 Å². The second-order valence-corrected chi connectivity index (χ2v) is 7.14. The molecule has 1 atom stereocenters. The summed E-state index contributed by atoms with van der Waals surface area (Å²) in [5.41, 5.74) is 0.752. The molecule has 0 radical (unpaired) electrons. The third kappa shape index (κ3) is 6.13. The van der Waals surface area contributed by atoms with Crippen LogP contribution in [0.1, 0.15) is 12.5 Å². The first kappa shape index (κ1) is 18.0. The third-order valence-corrected chi connectivity index (χ3v) is 3.89. The number of sulfone groups is 1. The minimum Gasteiger partial charge on any atom is -0.480 e. The predicted octanol–water partition coefficient (Wildman–Crippen LogP) is 1.14. The van der Waals surface area contributed by atoms with E-state index in [4.69, 9.17) is 9.84 Å². The Morgan fingerprint density at radius 3 is 2.36 bits per heavy atom. The fourth-order valence-electron chi connectivity index (χ4n) is 1.64. The van der Waals surface area contributed by atoms with E-state index in [0.717, 1.165) is 16.7 Å². The Labute approximate surface area is 129 Å². The third-order valence-electron chi connectivity index (χ3n) is 2.97. The van der Waals surface area contributed by atoms with Gasteiger partial charge in [-0.2, -0.15) is 0 Å². The standard InChI is InChI=1S/C14H19NO6S/c1-11(13(16)17)15(8-9-22(2,19)20)14(18)21-10-12-6-4-3-5-7-12/h3-7,11H,8-10H2,1-2H3,(H,16,17). The quantitative estimate of drug-likeness (QED) is 0.805. The van der Waals surface area contributed by atoms with Gasteiger partial charge in [0, 0.05) is 12.8 Å². The number of carboxylic acids is 1. The largest absolute Gasteiger partial charge is 0.480 e. The molecule has 1 N–H and O–H groups in total. The lowest BCUT2D eigenvalue weighted by Crippen LogP contribution is -2.45. The number of rotatable bonds is 7. The summed E-state index contributed by atoms with van der Waals surface area (Å²) in [7, 11) is -3.32. The molecule has 8 heteroatoms. The summed E-state index contributed by atoms with van der Waals surface area (Å²) in [4.78, 5) is 24.0. The minimum atomic E-state index is -3.32. The van der Waals surface area contributed by atoms with Crippen molar-refractivity contribution < 1.29 is 27.9 Å². The zero-order valence-electron chi connectivity index (χ0n) is 12.4. The lowest BCUT2D eigenvalue weighted by Gasteiger charge is -2.25. The van der Waals surface area contributed by atoms with Crippen LogP contribution < -0.4 is 0 Å². The molecule has 0 bridgehead atoms. The van der Waals surface area contributed by atoms with Gasteiger partial charge in [-0.3, -0.25) is 4.90 Å². The Hall–Kier alpha value is -2.09. The first-order chi connectivity index (χ1) is 10.2. The summed E-state index contributed by atoms with van der Waals surface area (Å²) in [5.74, 6) is -1.56. The molecule has 0 aliphatic heterocycles. The Balaban J connectivity index is 2.72. The van der Waals surface area contributed by atoms with Crippen molar-refractivity contribution in [3.63, 3.8) is 0 Å². The average molecular weight is 329 g/mol. The average Bonchev–Trinajstić information content (AvgIpc) is 2.44. The molecule has 1 rings (SSSR count). The molecule has 0 saturated carbocycles. The summed E-state index contributed by atoms with van der Waals surface area (Å²) < 4.78 is 27.5. The Kier molecular flexibility index (Phi) is 6.36. The molecule has 0 spiro atoms. The van der Waals surface area contributed by atoms with E-state index in [1.807, 2.05) is 6.07 Å². The van der Waals surface area contributed by atoms with Gasteiger partial charge in [0.15, 0.2) is 0 Å². The Bertz CT molecular complexity index is 613. The van der Waals surface area contributed by atoms with E-state index in [1.54, 1.807) is 24.3 Å². The molecule has 1 aromatic rings. The predicted molar refractivity (Wildman–Crippen MR) is 80.1 cm³/mol. The van der Waals surface area contributed by atoms with Crippen LogP contribution in [-0.2, 0) is 26.0 Å². The maximum absolute atomic E-state index is 12.0. The maximum atomic E-state index is 12.0. The molecule has 0 heterocycles. The highest BCUT2D eigenvalue weighted by molar-refractivity contribution is 7.90. The molecule has 0 fully saturated rings. The van der Waals surface area contributed by atoms with Crippen molar-refractivity contribution in [2.24, 2.45) is 0 Å². The molecule has 0 aliphatic rings. The SMILES string of the molecule is CC(C(=O)O)N(CCS(C)(=O)=O)C(=O)OCc1ccccc1. The van der Waals surface area contributed by atoms with Crippen molar-refractivity contribution in [1.29, 1.82) is 0 Å². The molecule has 0 aromatic heterocycles. The maximum Gasteiger partial charge on any atom is 0.410 e. The zero-order valence-corrected chi connectivity index (χ0v) is 13.2. The summed E-state index contributed by atoms with van der Waals surface area (Å²) >= 11 is 0. The van der Waals surface area contributed by atoms with E-state index < -0.39 is 27.9 Å². The number of carbonyl (C=O) groups excluding carboxylic acids is 1. The van der Waals surface area contributed by atoms with Gasteiger partial charge in [-0.05, 0) is 12.5 Å². The van der Waals surface area contributed by atoms with Crippen molar-refractivity contribution in [1.82, 2.24) is 4.90 Å². The topological polar surface area (TPSA) is 101 Å². The number of nitrogens with zero attached hydrogens (tertiary/aromatic N) is 1. The normalized spacial score (nSPS) is 12.5. The van der Waals surface area contributed by atoms with Crippen molar-refractivity contribution in [3.8, 4) is 0 Å². The number of carboxylic acid groups (broad SMARTS) is 1. The van der Waals surface area contributed by atoms with E-state index in [0.29, 0.717) is 0 Å². The molecule has 1 unspecified atom stereocenters. The van der Waals surface area contributed by atoms with Gasteiger partial charge >= 0.3 is 12.1 Å². The van der Waals surface area contributed by atoms with Gasteiger partial charge < -0.3 is 9.84 Å². The van der Waals surface area contributed by atoms with Gasteiger partial charge in [0.2, 0.25) is 0 Å². The smallest absolute Gasteiger partial charge is 0.410 e. The van der Waals surface area contributed by atoms with Gasteiger partial charge in [-0.25, -0.2) is 18.0 Å². The van der Waals surface area contributed by atoms with E-state index in [1.165, 1.54) is 6.92 Å². The van der Waals surface area contributed by atoms with Gasteiger partial charge in [-0.15, -0.1) is 0 Å². The van der Waals surface area contributed by atoms with Crippen molar-refractivity contribution in [3.05, 3.63) is 35.9 Å². The van der Waals surface area contributed by atoms with Crippen molar-refractivity contribution in [2.45, 2.75) is 19.6 Å². The van der Waals surface area contributed by atoms with E-state index >= 15 is 0 Å². The summed E-state index contributed by atoms with van der Waals surface area (Å²) in [6.45, 7) is 1.05. The second kappa shape index (κ2) is 7.79. The van der Waals surface area contributed by atoms with Crippen LogP contribution in [0.3, 0.4) is 0 Å². The molecular formula is C14H19NO6S. The lowest BCUT2D eigenvalue weighted by molar-refractivity contribution is -0.142.